The molecular formula is C11H20N4. The van der Waals surface area contributed by atoms with E-state index in [1.807, 2.05) is 6.21 Å². The van der Waals surface area contributed by atoms with Gasteiger partial charge in [0, 0.05) is 32.1 Å². The Hall–Kier alpha value is -1.03. The quantitative estimate of drug-likeness (QED) is 0.531. The van der Waals surface area contributed by atoms with Gasteiger partial charge in [-0.2, -0.15) is 0 Å². The molecule has 1 unspecified atom stereocenters. The molecule has 1 rings (SSSR count). The van der Waals surface area contributed by atoms with Crippen LogP contribution in [0.4, 0.5) is 0 Å². The predicted octanol–water partition coefficient (Wildman–Crippen LogP) is 0.971. The molecule has 0 radical (unpaired) electrons. The summed E-state index contributed by atoms with van der Waals surface area (Å²) in [6.45, 7) is 7.10. The van der Waals surface area contributed by atoms with E-state index in [0.29, 0.717) is 6.04 Å². The summed E-state index contributed by atoms with van der Waals surface area (Å²) in [6, 6.07) is 0.388. The van der Waals surface area contributed by atoms with Crippen molar-refractivity contribution in [1.82, 2.24) is 5.32 Å². The van der Waals surface area contributed by atoms with Crippen LogP contribution in [0, 0.1) is 0 Å². The Morgan fingerprint density at radius 3 is 3.20 bits per heavy atom. The molecule has 84 valence electrons. The van der Waals surface area contributed by atoms with E-state index in [9.17, 15) is 0 Å². The maximum absolute atomic E-state index is 4.46. The van der Waals surface area contributed by atoms with Gasteiger partial charge in [0.15, 0.2) is 0 Å². The molecule has 0 amide bonds. The molecule has 0 spiro atoms. The van der Waals surface area contributed by atoms with Crippen molar-refractivity contribution >= 4 is 19.1 Å². The fourth-order valence-electron chi connectivity index (χ4n) is 1.53. The highest BCUT2D eigenvalue weighted by Gasteiger charge is 2.05. The smallest absolute Gasteiger partial charge is 0.0624 e. The van der Waals surface area contributed by atoms with E-state index in [1.54, 1.807) is 6.21 Å². The second-order valence-electron chi connectivity index (χ2n) is 3.65. The molecule has 0 aliphatic carbocycles. The van der Waals surface area contributed by atoms with Crippen LogP contribution in [0.5, 0.6) is 0 Å². The first-order chi connectivity index (χ1) is 7.43. The molecule has 1 heterocycles. The fourth-order valence-corrected chi connectivity index (χ4v) is 1.53. The maximum Gasteiger partial charge on any atom is 0.0624 e. The van der Waals surface area contributed by atoms with Crippen molar-refractivity contribution in [2.45, 2.75) is 25.3 Å². The van der Waals surface area contributed by atoms with E-state index in [1.165, 1.54) is 6.42 Å². The molecule has 0 aromatic heterocycles. The highest BCUT2D eigenvalue weighted by atomic mass is 15.0. The van der Waals surface area contributed by atoms with Crippen molar-refractivity contribution in [2.24, 2.45) is 15.0 Å². The molecule has 1 atom stereocenters. The van der Waals surface area contributed by atoms with Gasteiger partial charge in [-0.15, -0.1) is 0 Å². The van der Waals surface area contributed by atoms with Gasteiger partial charge in [0.2, 0.25) is 0 Å². The topological polar surface area (TPSA) is 49.1 Å². The Morgan fingerprint density at radius 2 is 2.33 bits per heavy atom. The van der Waals surface area contributed by atoms with Gasteiger partial charge in [-0.1, -0.05) is 0 Å². The summed E-state index contributed by atoms with van der Waals surface area (Å²) in [7, 11) is 0. The third kappa shape index (κ3) is 6.12. The predicted molar refractivity (Wildman–Crippen MR) is 66.8 cm³/mol. The van der Waals surface area contributed by atoms with Gasteiger partial charge in [-0.3, -0.25) is 9.98 Å². The molecule has 1 N–H and O–H groups in total. The summed E-state index contributed by atoms with van der Waals surface area (Å²) < 4.78 is 0. The molecule has 0 saturated carbocycles. The number of unbranched alkanes of at least 4 members (excludes halogenated alkanes) is 1. The molecule has 0 aromatic carbocycles. The van der Waals surface area contributed by atoms with E-state index >= 15 is 0 Å². The van der Waals surface area contributed by atoms with Gasteiger partial charge in [-0.25, -0.2) is 0 Å². The maximum atomic E-state index is 4.46. The molecule has 15 heavy (non-hydrogen) atoms. The summed E-state index contributed by atoms with van der Waals surface area (Å²) in [4.78, 5) is 12.5. The van der Waals surface area contributed by atoms with Crippen LogP contribution in [0.15, 0.2) is 15.0 Å². The van der Waals surface area contributed by atoms with Crippen LogP contribution < -0.4 is 5.32 Å². The van der Waals surface area contributed by atoms with Crippen molar-refractivity contribution in [3.63, 3.8) is 0 Å². The normalized spacial score (nSPS) is 21.7. The van der Waals surface area contributed by atoms with Crippen LogP contribution >= 0.6 is 0 Å². The average Bonchev–Trinajstić information content (AvgIpc) is 2.38. The van der Waals surface area contributed by atoms with Crippen molar-refractivity contribution in [2.75, 3.05) is 26.2 Å². The van der Waals surface area contributed by atoms with Crippen molar-refractivity contribution < 1.29 is 0 Å². The number of nitrogens with zero attached hydrogens (tertiary/aromatic N) is 3. The number of hydrogen-bond acceptors (Lipinski definition) is 4. The molecule has 0 bridgehead atoms. The molecule has 4 heteroatoms. The SMILES string of the molecule is C=NCCCCC1CNCCN=CC=N1. The Labute approximate surface area is 91.6 Å². The number of rotatable bonds is 5. The molecule has 1 aliphatic rings. The molecule has 0 fully saturated rings. The lowest BCUT2D eigenvalue weighted by atomic mass is 10.1. The first kappa shape index (κ1) is 12.0. The highest BCUT2D eigenvalue weighted by Crippen LogP contribution is 2.04. The van der Waals surface area contributed by atoms with Gasteiger partial charge in [-0.05, 0) is 26.0 Å². The summed E-state index contributed by atoms with van der Waals surface area (Å²) in [5.74, 6) is 0. The summed E-state index contributed by atoms with van der Waals surface area (Å²) >= 11 is 0. The van der Waals surface area contributed by atoms with Crippen molar-refractivity contribution in [3.8, 4) is 0 Å². The van der Waals surface area contributed by atoms with E-state index in [0.717, 1.165) is 39.0 Å². The standard InChI is InChI=1S/C11H20N4/c1-12-5-3-2-4-11-10-14-7-6-13-8-9-15-11/h8-9,11,14H,1-7,10H2. The molecule has 0 aromatic rings. The number of nitrogens with one attached hydrogen (secondary N) is 1. The second kappa shape index (κ2) is 8.29. The van der Waals surface area contributed by atoms with Crippen LogP contribution in [0.2, 0.25) is 0 Å². The molecule has 0 saturated heterocycles. The third-order valence-electron chi connectivity index (χ3n) is 2.37. The van der Waals surface area contributed by atoms with Crippen molar-refractivity contribution in [1.29, 1.82) is 0 Å². The first-order valence-electron chi connectivity index (χ1n) is 5.58. The minimum Gasteiger partial charge on any atom is -0.313 e. The molecule has 1 aliphatic heterocycles. The lowest BCUT2D eigenvalue weighted by Gasteiger charge is -2.11. The van der Waals surface area contributed by atoms with E-state index < -0.39 is 0 Å². The van der Waals surface area contributed by atoms with Crippen LogP contribution in [0.25, 0.3) is 0 Å². The summed E-state index contributed by atoms with van der Waals surface area (Å²) in [6.07, 6.45) is 7.02. The van der Waals surface area contributed by atoms with Gasteiger partial charge < -0.3 is 10.3 Å². The fraction of sp³-hybridized carbons (Fsp3) is 0.727. The lowest BCUT2D eigenvalue weighted by Crippen LogP contribution is -2.27. The molecule has 4 nitrogen and oxygen atoms in total. The Bertz CT molecular complexity index is 223. The first-order valence-corrected chi connectivity index (χ1v) is 5.58. The average molecular weight is 208 g/mol. The Kier molecular flexibility index (Phi) is 6.66. The van der Waals surface area contributed by atoms with Crippen LogP contribution in [-0.4, -0.2) is 51.4 Å². The Balaban J connectivity index is 2.22. The Morgan fingerprint density at radius 1 is 1.40 bits per heavy atom. The third-order valence-corrected chi connectivity index (χ3v) is 2.37. The minimum atomic E-state index is 0.388. The zero-order valence-corrected chi connectivity index (χ0v) is 9.23. The van der Waals surface area contributed by atoms with Crippen LogP contribution in [0.3, 0.4) is 0 Å². The monoisotopic (exact) mass is 208 g/mol. The van der Waals surface area contributed by atoms with Crippen LogP contribution in [0.1, 0.15) is 19.3 Å². The lowest BCUT2D eigenvalue weighted by molar-refractivity contribution is 0.528. The van der Waals surface area contributed by atoms with E-state index in [4.69, 9.17) is 0 Å². The van der Waals surface area contributed by atoms with Gasteiger partial charge in [0.25, 0.3) is 0 Å². The second-order valence-corrected chi connectivity index (χ2v) is 3.65. The van der Waals surface area contributed by atoms with E-state index in [2.05, 4.69) is 27.0 Å². The largest absolute Gasteiger partial charge is 0.313 e. The zero-order valence-electron chi connectivity index (χ0n) is 9.23. The highest BCUT2D eigenvalue weighted by molar-refractivity contribution is 6.16. The van der Waals surface area contributed by atoms with Crippen LogP contribution in [-0.2, 0) is 0 Å². The van der Waals surface area contributed by atoms with Gasteiger partial charge in [0.05, 0.1) is 12.6 Å². The number of aliphatic imine (C=N–C) groups is 3. The molecular weight excluding hydrogens is 188 g/mol. The van der Waals surface area contributed by atoms with Gasteiger partial charge in [0.1, 0.15) is 0 Å². The van der Waals surface area contributed by atoms with Gasteiger partial charge >= 0.3 is 0 Å². The minimum absolute atomic E-state index is 0.388. The zero-order chi connectivity index (χ0) is 10.8. The van der Waals surface area contributed by atoms with Crippen molar-refractivity contribution in [3.05, 3.63) is 0 Å². The summed E-state index contributed by atoms with van der Waals surface area (Å²) in [5.41, 5.74) is 0. The van der Waals surface area contributed by atoms with E-state index in [-0.39, 0.29) is 0 Å². The summed E-state index contributed by atoms with van der Waals surface area (Å²) in [5, 5.41) is 3.35. The number of hydrogen-bond donors (Lipinski definition) is 1.